The van der Waals surface area contributed by atoms with E-state index in [1.54, 1.807) is 0 Å². The number of unbranched alkanes of at least 4 members (excludes halogenated alkanes) is 5. The van der Waals surface area contributed by atoms with E-state index in [0.29, 0.717) is 12.2 Å². The van der Waals surface area contributed by atoms with Gasteiger partial charge in [-0.1, -0.05) is 74.0 Å². The van der Waals surface area contributed by atoms with Crippen LogP contribution in [0.2, 0.25) is 0 Å². The van der Waals surface area contributed by atoms with Crippen molar-refractivity contribution in [2.24, 2.45) is 0 Å². The zero-order valence-electron chi connectivity index (χ0n) is 21.5. The van der Waals surface area contributed by atoms with E-state index in [2.05, 4.69) is 57.6 Å². The van der Waals surface area contributed by atoms with Gasteiger partial charge in [0.2, 0.25) is 10.0 Å². The third kappa shape index (κ3) is 20.1. The number of allylic oxidation sites excluding steroid dienone is 5. The van der Waals surface area contributed by atoms with Gasteiger partial charge in [0.25, 0.3) is 0 Å². The molecule has 7 heteroatoms. The van der Waals surface area contributed by atoms with Crippen LogP contribution in [0.3, 0.4) is 0 Å². The zero-order valence-corrected chi connectivity index (χ0v) is 23.1. The van der Waals surface area contributed by atoms with E-state index in [4.69, 9.17) is 0 Å². The molecule has 2 N–H and O–H groups in total. The fraction of sp³-hybridized carbons (Fsp3) is 0.731. The largest absolute Gasteiger partial charge is 0.480 e. The maximum Gasteiger partial charge on any atom is 0.322 e. The highest BCUT2D eigenvalue weighted by Gasteiger charge is 2.23. The first kappa shape index (κ1) is 31.9. The summed E-state index contributed by atoms with van der Waals surface area (Å²) in [4.78, 5) is 11.5. The molecule has 0 amide bonds. The summed E-state index contributed by atoms with van der Waals surface area (Å²) < 4.78 is 26.9. The van der Waals surface area contributed by atoms with Crippen molar-refractivity contribution >= 4 is 27.8 Å². The maximum atomic E-state index is 12.2. The van der Waals surface area contributed by atoms with Gasteiger partial charge >= 0.3 is 5.97 Å². The van der Waals surface area contributed by atoms with Crippen molar-refractivity contribution in [2.75, 3.05) is 17.3 Å². The minimum atomic E-state index is -3.57. The summed E-state index contributed by atoms with van der Waals surface area (Å²) in [5, 5.41) is 9.41. The molecule has 0 radical (unpaired) electrons. The number of hydrogen-bond acceptors (Lipinski definition) is 4. The maximum absolute atomic E-state index is 12.2. The molecular weight excluding hydrogens is 454 g/mol. The Morgan fingerprint density at radius 3 is 2.09 bits per heavy atom. The van der Waals surface area contributed by atoms with Crippen LogP contribution < -0.4 is 4.72 Å². The summed E-state index contributed by atoms with van der Waals surface area (Å²) in [6.45, 7) is 10.6. The van der Waals surface area contributed by atoms with Crippen LogP contribution >= 0.6 is 11.8 Å². The number of carboxylic acid groups (broad SMARTS) is 1. The van der Waals surface area contributed by atoms with Crippen LogP contribution in [0.25, 0.3) is 0 Å². The van der Waals surface area contributed by atoms with Gasteiger partial charge in [0.15, 0.2) is 0 Å². The Morgan fingerprint density at radius 2 is 1.48 bits per heavy atom. The lowest BCUT2D eigenvalue weighted by Gasteiger charge is -2.14. The van der Waals surface area contributed by atoms with Crippen LogP contribution in [0.15, 0.2) is 34.9 Å². The molecule has 0 aromatic carbocycles. The molecule has 0 heterocycles. The number of rotatable bonds is 20. The Kier molecular flexibility index (Phi) is 18.7. The lowest BCUT2D eigenvalue weighted by atomic mass is 10.1. The minimum Gasteiger partial charge on any atom is -0.480 e. The van der Waals surface area contributed by atoms with Crippen LogP contribution in [0, 0.1) is 0 Å². The number of carbonyl (C=O) groups is 1. The van der Waals surface area contributed by atoms with E-state index in [1.807, 2.05) is 0 Å². The lowest BCUT2D eigenvalue weighted by molar-refractivity contribution is -0.138. The number of aliphatic carboxylic acids is 1. The molecule has 0 spiro atoms. The van der Waals surface area contributed by atoms with Gasteiger partial charge < -0.3 is 5.11 Å². The van der Waals surface area contributed by atoms with Gasteiger partial charge in [-0.2, -0.15) is 11.8 Å². The quantitative estimate of drug-likeness (QED) is 0.140. The number of carboxylic acids is 1. The van der Waals surface area contributed by atoms with Crippen molar-refractivity contribution in [3.05, 3.63) is 34.9 Å². The molecular formula is C26H47NO4S2. The van der Waals surface area contributed by atoms with Crippen LogP contribution in [0.5, 0.6) is 0 Å². The van der Waals surface area contributed by atoms with Crippen molar-refractivity contribution in [2.45, 2.75) is 105 Å². The molecule has 0 aromatic heterocycles. The Balaban J connectivity index is 4.29. The van der Waals surface area contributed by atoms with E-state index < -0.39 is 22.0 Å². The molecule has 5 nitrogen and oxygen atoms in total. The van der Waals surface area contributed by atoms with Crippen molar-refractivity contribution in [3.63, 3.8) is 0 Å². The van der Waals surface area contributed by atoms with E-state index in [1.165, 1.54) is 34.9 Å². The third-order valence-electron chi connectivity index (χ3n) is 5.34. The van der Waals surface area contributed by atoms with Crippen LogP contribution in [-0.2, 0) is 14.8 Å². The standard InChI is InChI=1S/C26H47NO4S2/c1-6-7-8-9-10-11-20-33(30,31)27-25(26(28)29)21-32-19-18-24(5)17-13-16-23(4)15-12-14-22(2)3/h14,16,18,25,27H,6-13,15,17,19-21H2,1-5H3,(H,28,29)/b23-16+,24-18+/t25-/m0/s1. The van der Waals surface area contributed by atoms with Crippen LogP contribution in [0.4, 0.5) is 0 Å². The summed E-state index contributed by atoms with van der Waals surface area (Å²) in [5.74, 6) is -0.229. The van der Waals surface area contributed by atoms with E-state index in [9.17, 15) is 18.3 Å². The molecule has 0 aliphatic heterocycles. The number of thioether (sulfide) groups is 1. The predicted molar refractivity (Wildman–Crippen MR) is 144 cm³/mol. The zero-order chi connectivity index (χ0) is 25.1. The van der Waals surface area contributed by atoms with Crippen molar-refractivity contribution in [1.82, 2.24) is 4.72 Å². The third-order valence-corrected chi connectivity index (χ3v) is 7.78. The fourth-order valence-corrected chi connectivity index (χ4v) is 5.65. The van der Waals surface area contributed by atoms with Gasteiger partial charge in [0.1, 0.15) is 6.04 Å². The Labute approximate surface area is 207 Å². The van der Waals surface area contributed by atoms with Gasteiger partial charge in [0, 0.05) is 11.5 Å². The molecule has 0 aromatic rings. The molecule has 0 bridgehead atoms. The SMILES string of the molecule is CCCCCCCCS(=O)(=O)N[C@@H](CSC/C=C(\C)CC/C=C(\C)CCC=C(C)C)C(=O)O. The first-order valence-electron chi connectivity index (χ1n) is 12.3. The summed E-state index contributed by atoms with van der Waals surface area (Å²) >= 11 is 1.44. The van der Waals surface area contributed by atoms with Gasteiger partial charge in [0.05, 0.1) is 5.75 Å². The lowest BCUT2D eigenvalue weighted by Crippen LogP contribution is -2.43. The smallest absolute Gasteiger partial charge is 0.322 e. The van der Waals surface area contributed by atoms with Gasteiger partial charge in [-0.3, -0.25) is 4.79 Å². The molecule has 0 saturated heterocycles. The first-order valence-corrected chi connectivity index (χ1v) is 15.1. The number of hydrogen-bond donors (Lipinski definition) is 2. The Hall–Kier alpha value is -1.05. The van der Waals surface area contributed by atoms with Crippen molar-refractivity contribution in [3.8, 4) is 0 Å². The molecule has 0 saturated carbocycles. The second-order valence-corrected chi connectivity index (χ2v) is 12.0. The molecule has 0 unspecified atom stereocenters. The predicted octanol–water partition coefficient (Wildman–Crippen LogP) is 6.87. The van der Waals surface area contributed by atoms with Crippen LogP contribution in [-0.4, -0.2) is 42.8 Å². The Bertz CT molecular complexity index is 735. The normalized spacial score (nSPS) is 13.7. The molecule has 1 atom stereocenters. The molecule has 192 valence electrons. The van der Waals surface area contributed by atoms with Crippen molar-refractivity contribution < 1.29 is 18.3 Å². The molecule has 0 fully saturated rings. The highest BCUT2D eigenvalue weighted by atomic mass is 32.2. The van der Waals surface area contributed by atoms with Gasteiger partial charge in [-0.25, -0.2) is 13.1 Å². The fourth-order valence-electron chi connectivity index (χ4n) is 3.23. The molecule has 33 heavy (non-hydrogen) atoms. The minimum absolute atomic E-state index is 0.00610. The van der Waals surface area contributed by atoms with Gasteiger partial charge in [-0.15, -0.1) is 0 Å². The summed E-state index contributed by atoms with van der Waals surface area (Å²) in [6, 6.07) is -1.08. The first-order chi connectivity index (χ1) is 15.6. The van der Waals surface area contributed by atoms with Crippen LogP contribution in [0.1, 0.15) is 98.8 Å². The molecule has 0 rings (SSSR count). The van der Waals surface area contributed by atoms with Crippen molar-refractivity contribution in [1.29, 1.82) is 0 Å². The second-order valence-electron chi connectivity index (χ2n) is 9.09. The summed E-state index contributed by atoms with van der Waals surface area (Å²) in [5.41, 5.74) is 4.04. The average Bonchev–Trinajstić information content (AvgIpc) is 2.72. The van der Waals surface area contributed by atoms with E-state index in [-0.39, 0.29) is 11.5 Å². The Morgan fingerprint density at radius 1 is 0.909 bits per heavy atom. The number of nitrogens with one attached hydrogen (secondary N) is 1. The summed E-state index contributed by atoms with van der Waals surface area (Å²) in [6.07, 6.45) is 16.7. The highest BCUT2D eigenvalue weighted by molar-refractivity contribution is 7.99. The number of sulfonamides is 1. The monoisotopic (exact) mass is 501 g/mol. The molecule has 0 aliphatic rings. The summed E-state index contributed by atoms with van der Waals surface area (Å²) in [7, 11) is -3.57. The average molecular weight is 502 g/mol. The molecule has 0 aliphatic carbocycles. The highest BCUT2D eigenvalue weighted by Crippen LogP contribution is 2.13. The van der Waals surface area contributed by atoms with E-state index >= 15 is 0 Å². The van der Waals surface area contributed by atoms with E-state index in [0.717, 1.165) is 51.4 Å². The topological polar surface area (TPSA) is 83.5 Å². The second kappa shape index (κ2) is 19.3. The van der Waals surface area contributed by atoms with Gasteiger partial charge in [-0.05, 0) is 59.8 Å².